The van der Waals surface area contributed by atoms with Gasteiger partial charge in [-0.15, -0.1) is 0 Å². The van der Waals surface area contributed by atoms with Gasteiger partial charge in [0.15, 0.2) is 0 Å². The van der Waals surface area contributed by atoms with Crippen LogP contribution in [0.4, 0.5) is 10.5 Å². The fourth-order valence-corrected chi connectivity index (χ4v) is 4.39. The molecule has 2 heterocycles. The molecule has 3 N–H and O–H groups in total. The molecule has 0 spiro atoms. The standard InChI is InChI=1S/C28H32N4O6/c1-18(2)16-38-28(35)32-14-12-21(27(34)31-36)23(15-32)26(33)30-20-9-7-19(8-10-20)17-37-25-11-13-29-24-6-4-3-5-22(24)25/h3-11,13,18,21,23,36H,12,14-17H2,1-2H3,(H,30,33)(H,31,34)/t21-,23-/m0/s1. The molecule has 1 aliphatic rings. The van der Waals surface area contributed by atoms with Gasteiger partial charge < -0.3 is 19.7 Å². The smallest absolute Gasteiger partial charge is 0.409 e. The monoisotopic (exact) mass is 520 g/mol. The number of carbonyl (C=O) groups excluding carboxylic acids is 3. The Morgan fingerprint density at radius 3 is 2.55 bits per heavy atom. The lowest BCUT2D eigenvalue weighted by atomic mass is 9.84. The summed E-state index contributed by atoms with van der Waals surface area (Å²) in [6, 6.07) is 16.7. The molecular formula is C28H32N4O6. The average molecular weight is 521 g/mol. The van der Waals surface area contributed by atoms with Crippen molar-refractivity contribution < 1.29 is 29.1 Å². The lowest BCUT2D eigenvalue weighted by Crippen LogP contribution is -2.52. The number of anilines is 1. The van der Waals surface area contributed by atoms with Crippen molar-refractivity contribution in [2.24, 2.45) is 17.8 Å². The third-order valence-electron chi connectivity index (χ3n) is 6.42. The van der Waals surface area contributed by atoms with Crippen LogP contribution < -0.4 is 15.5 Å². The number of likely N-dealkylation sites (tertiary alicyclic amines) is 1. The first-order chi connectivity index (χ1) is 18.4. The van der Waals surface area contributed by atoms with Crippen LogP contribution in [0, 0.1) is 17.8 Å². The minimum Gasteiger partial charge on any atom is -0.488 e. The van der Waals surface area contributed by atoms with E-state index in [0.29, 0.717) is 12.3 Å². The van der Waals surface area contributed by atoms with E-state index in [1.807, 2.05) is 56.3 Å². The Labute approximate surface area is 220 Å². The molecule has 10 nitrogen and oxygen atoms in total. The first-order valence-corrected chi connectivity index (χ1v) is 12.6. The van der Waals surface area contributed by atoms with E-state index in [-0.39, 0.29) is 32.0 Å². The van der Waals surface area contributed by atoms with Gasteiger partial charge in [0, 0.05) is 30.4 Å². The molecule has 4 rings (SSSR count). The molecule has 0 unspecified atom stereocenters. The first kappa shape index (κ1) is 26.9. The Hall–Kier alpha value is -4.18. The zero-order chi connectivity index (χ0) is 27.1. The van der Waals surface area contributed by atoms with Crippen molar-refractivity contribution in [3.05, 3.63) is 66.4 Å². The van der Waals surface area contributed by atoms with Crippen LogP contribution in [-0.4, -0.2) is 52.7 Å². The van der Waals surface area contributed by atoms with E-state index in [2.05, 4.69) is 10.3 Å². The molecule has 38 heavy (non-hydrogen) atoms. The summed E-state index contributed by atoms with van der Waals surface area (Å²) in [5.74, 6) is -1.81. The lowest BCUT2D eigenvalue weighted by molar-refractivity contribution is -0.141. The number of nitrogens with zero attached hydrogens (tertiary/aromatic N) is 2. The second-order valence-electron chi connectivity index (χ2n) is 9.70. The largest absolute Gasteiger partial charge is 0.488 e. The van der Waals surface area contributed by atoms with Crippen molar-refractivity contribution in [1.82, 2.24) is 15.4 Å². The molecule has 1 saturated heterocycles. The Kier molecular flexibility index (Phi) is 8.75. The molecule has 1 fully saturated rings. The molecule has 10 heteroatoms. The molecule has 0 aliphatic carbocycles. The Bertz CT molecular complexity index is 1270. The zero-order valence-corrected chi connectivity index (χ0v) is 21.4. The maximum Gasteiger partial charge on any atom is 0.409 e. The Balaban J connectivity index is 1.39. The fraction of sp³-hybridized carbons (Fsp3) is 0.357. The molecule has 2 aromatic carbocycles. The summed E-state index contributed by atoms with van der Waals surface area (Å²) in [5, 5.41) is 12.9. The minimum atomic E-state index is -0.856. The number of hydroxylamine groups is 1. The van der Waals surface area contributed by atoms with Gasteiger partial charge in [0.25, 0.3) is 0 Å². The number of amides is 3. The van der Waals surface area contributed by atoms with Gasteiger partial charge in [-0.1, -0.05) is 38.1 Å². The van der Waals surface area contributed by atoms with Crippen molar-refractivity contribution in [3.63, 3.8) is 0 Å². The third-order valence-corrected chi connectivity index (χ3v) is 6.42. The number of benzene rings is 2. The van der Waals surface area contributed by atoms with Gasteiger partial charge in [0.05, 0.1) is 24.0 Å². The molecule has 0 saturated carbocycles. The number of hydrogen-bond donors (Lipinski definition) is 3. The number of rotatable bonds is 8. The van der Waals surface area contributed by atoms with Gasteiger partial charge in [-0.25, -0.2) is 10.3 Å². The van der Waals surface area contributed by atoms with E-state index in [4.69, 9.17) is 14.7 Å². The predicted molar refractivity (Wildman–Crippen MR) is 140 cm³/mol. The predicted octanol–water partition coefficient (Wildman–Crippen LogP) is 3.99. The first-order valence-electron chi connectivity index (χ1n) is 12.6. The number of ether oxygens (including phenoxy) is 2. The number of nitrogens with one attached hydrogen (secondary N) is 2. The molecule has 0 radical (unpaired) electrons. The van der Waals surface area contributed by atoms with Crippen LogP contribution in [0.5, 0.6) is 5.75 Å². The van der Waals surface area contributed by atoms with Crippen LogP contribution >= 0.6 is 0 Å². The van der Waals surface area contributed by atoms with Crippen molar-refractivity contribution in [3.8, 4) is 5.75 Å². The number of carbonyl (C=O) groups is 3. The van der Waals surface area contributed by atoms with Crippen molar-refractivity contribution >= 4 is 34.5 Å². The Morgan fingerprint density at radius 1 is 1.05 bits per heavy atom. The van der Waals surface area contributed by atoms with Gasteiger partial charge in [0.1, 0.15) is 12.4 Å². The zero-order valence-electron chi connectivity index (χ0n) is 21.4. The number of piperidine rings is 1. The van der Waals surface area contributed by atoms with Crippen molar-refractivity contribution in [2.45, 2.75) is 26.9 Å². The molecule has 1 aliphatic heterocycles. The summed E-state index contributed by atoms with van der Waals surface area (Å²) in [7, 11) is 0. The number of hydrogen-bond acceptors (Lipinski definition) is 7. The summed E-state index contributed by atoms with van der Waals surface area (Å²) in [5.41, 5.74) is 3.93. The van der Waals surface area contributed by atoms with Gasteiger partial charge in [-0.2, -0.15) is 0 Å². The van der Waals surface area contributed by atoms with E-state index >= 15 is 0 Å². The van der Waals surface area contributed by atoms with Crippen molar-refractivity contribution in [2.75, 3.05) is 25.0 Å². The highest BCUT2D eigenvalue weighted by Gasteiger charge is 2.40. The summed E-state index contributed by atoms with van der Waals surface area (Å²) in [6.07, 6.45) is 1.41. The SMILES string of the molecule is CC(C)COC(=O)N1CC[C@H](C(=O)NO)[C@@H](C(=O)Nc2ccc(COc3ccnc4ccccc34)cc2)C1. The molecule has 0 bridgehead atoms. The van der Waals surface area contributed by atoms with Gasteiger partial charge >= 0.3 is 6.09 Å². The van der Waals surface area contributed by atoms with E-state index in [9.17, 15) is 14.4 Å². The maximum absolute atomic E-state index is 13.2. The quantitative estimate of drug-likeness (QED) is 0.302. The Morgan fingerprint density at radius 2 is 1.82 bits per heavy atom. The third kappa shape index (κ3) is 6.57. The summed E-state index contributed by atoms with van der Waals surface area (Å²) in [6.45, 7) is 4.71. The van der Waals surface area contributed by atoms with Gasteiger partial charge in [0.2, 0.25) is 11.8 Å². The number of para-hydroxylation sites is 1. The van der Waals surface area contributed by atoms with E-state index < -0.39 is 29.7 Å². The van der Waals surface area contributed by atoms with Crippen LogP contribution in [0.25, 0.3) is 10.9 Å². The second kappa shape index (κ2) is 12.4. The number of aromatic nitrogens is 1. The fourth-order valence-electron chi connectivity index (χ4n) is 4.39. The lowest BCUT2D eigenvalue weighted by Gasteiger charge is -2.36. The van der Waals surface area contributed by atoms with Gasteiger partial charge in [-0.3, -0.25) is 19.8 Å². The number of pyridine rings is 1. The topological polar surface area (TPSA) is 130 Å². The van der Waals surface area contributed by atoms with Crippen LogP contribution in [0.15, 0.2) is 60.8 Å². The van der Waals surface area contributed by atoms with Gasteiger partial charge in [-0.05, 0) is 48.2 Å². The average Bonchev–Trinajstić information content (AvgIpc) is 2.94. The van der Waals surface area contributed by atoms with E-state index in [1.54, 1.807) is 23.8 Å². The second-order valence-corrected chi connectivity index (χ2v) is 9.70. The van der Waals surface area contributed by atoms with Crippen LogP contribution in [0.2, 0.25) is 0 Å². The normalized spacial score (nSPS) is 17.2. The molecule has 1 aromatic heterocycles. The summed E-state index contributed by atoms with van der Waals surface area (Å²) in [4.78, 5) is 43.6. The summed E-state index contributed by atoms with van der Waals surface area (Å²) >= 11 is 0. The van der Waals surface area contributed by atoms with E-state index in [1.165, 1.54) is 4.90 Å². The number of fused-ring (bicyclic) bond motifs is 1. The highest BCUT2D eigenvalue weighted by Crippen LogP contribution is 2.27. The maximum atomic E-state index is 13.2. The van der Waals surface area contributed by atoms with Crippen LogP contribution in [0.3, 0.4) is 0 Å². The summed E-state index contributed by atoms with van der Waals surface area (Å²) < 4.78 is 11.3. The van der Waals surface area contributed by atoms with Crippen LogP contribution in [0.1, 0.15) is 25.8 Å². The highest BCUT2D eigenvalue weighted by molar-refractivity contribution is 5.96. The van der Waals surface area contributed by atoms with Crippen molar-refractivity contribution in [1.29, 1.82) is 0 Å². The minimum absolute atomic E-state index is 0.00661. The molecule has 3 aromatic rings. The molecule has 2 atom stereocenters. The molecular weight excluding hydrogens is 488 g/mol. The van der Waals surface area contributed by atoms with E-state index in [0.717, 1.165) is 22.2 Å². The molecule has 200 valence electrons. The molecule has 3 amide bonds. The van der Waals surface area contributed by atoms with Crippen LogP contribution in [-0.2, 0) is 20.9 Å². The highest BCUT2D eigenvalue weighted by atomic mass is 16.6.